The van der Waals surface area contributed by atoms with Gasteiger partial charge < -0.3 is 24.7 Å². The second-order valence-corrected chi connectivity index (χ2v) is 9.59. The van der Waals surface area contributed by atoms with Crippen molar-refractivity contribution in [2.24, 2.45) is 0 Å². The second-order valence-electron chi connectivity index (χ2n) is 9.20. The second kappa shape index (κ2) is 11.5. The van der Waals surface area contributed by atoms with Crippen LogP contribution in [0.4, 0.5) is 5.69 Å². The number of carbonyl (C=O) groups is 2. The van der Waals surface area contributed by atoms with Crippen molar-refractivity contribution in [1.82, 2.24) is 15.2 Å². The van der Waals surface area contributed by atoms with E-state index in [0.29, 0.717) is 28.7 Å². The van der Waals surface area contributed by atoms with Gasteiger partial charge in [0.1, 0.15) is 17.6 Å². The molecule has 0 radical (unpaired) electrons. The van der Waals surface area contributed by atoms with Crippen LogP contribution in [0.3, 0.4) is 0 Å². The van der Waals surface area contributed by atoms with Crippen molar-refractivity contribution in [2.45, 2.75) is 25.4 Å². The van der Waals surface area contributed by atoms with Crippen LogP contribution in [0, 0.1) is 6.92 Å². The number of thiocarbonyl (C=S) groups is 1. The molecule has 39 heavy (non-hydrogen) atoms. The fourth-order valence-corrected chi connectivity index (χ4v) is 4.99. The first-order valence-electron chi connectivity index (χ1n) is 12.6. The number of rotatable bonds is 8. The van der Waals surface area contributed by atoms with E-state index in [1.54, 1.807) is 18.3 Å². The molecule has 2 N–H and O–H groups in total. The van der Waals surface area contributed by atoms with E-state index in [1.165, 1.54) is 7.11 Å². The molecule has 4 aromatic rings. The van der Waals surface area contributed by atoms with Crippen molar-refractivity contribution in [3.8, 4) is 11.3 Å². The van der Waals surface area contributed by atoms with Crippen molar-refractivity contribution in [1.29, 1.82) is 0 Å². The molecule has 9 heteroatoms. The molecule has 0 bridgehead atoms. The van der Waals surface area contributed by atoms with Crippen LogP contribution in [0.1, 0.15) is 45.9 Å². The Hall–Kier alpha value is -4.50. The van der Waals surface area contributed by atoms with Gasteiger partial charge in [-0.2, -0.15) is 0 Å². The number of nitrogens with zero attached hydrogens (tertiary/aromatic N) is 2. The zero-order valence-corrected chi connectivity index (χ0v) is 22.4. The van der Waals surface area contributed by atoms with Gasteiger partial charge in [-0.1, -0.05) is 36.4 Å². The molecule has 0 unspecified atom stereocenters. The number of hydrogen-bond acceptors (Lipinski definition) is 6. The molecule has 8 nitrogen and oxygen atoms in total. The van der Waals surface area contributed by atoms with E-state index in [1.807, 2.05) is 78.6 Å². The Bertz CT molecular complexity index is 1490. The first-order chi connectivity index (χ1) is 18.9. The molecular formula is C30H28N4O4S. The molecule has 198 valence electrons. The Labute approximate surface area is 232 Å². The molecule has 0 saturated carbocycles. The summed E-state index contributed by atoms with van der Waals surface area (Å²) in [5.74, 6) is 0.839. The number of esters is 1. The lowest BCUT2D eigenvalue weighted by molar-refractivity contribution is -0.116. The third kappa shape index (κ3) is 5.68. The van der Waals surface area contributed by atoms with E-state index in [2.05, 4.69) is 15.6 Å². The van der Waals surface area contributed by atoms with Gasteiger partial charge >= 0.3 is 5.97 Å². The third-order valence-corrected chi connectivity index (χ3v) is 7.06. The van der Waals surface area contributed by atoms with E-state index >= 15 is 0 Å². The summed E-state index contributed by atoms with van der Waals surface area (Å²) in [6.07, 6.45) is 1.98. The van der Waals surface area contributed by atoms with Gasteiger partial charge in [0.05, 0.1) is 24.4 Å². The summed E-state index contributed by atoms with van der Waals surface area (Å²) < 4.78 is 11.1. The Kier molecular flexibility index (Phi) is 7.69. The van der Waals surface area contributed by atoms with Crippen molar-refractivity contribution in [3.05, 3.63) is 108 Å². The minimum Gasteiger partial charge on any atom is -0.465 e. The van der Waals surface area contributed by atoms with Gasteiger partial charge in [-0.05, 0) is 67.2 Å². The Balaban J connectivity index is 1.39. The molecule has 2 aromatic heterocycles. The average molecular weight is 541 g/mol. The van der Waals surface area contributed by atoms with Crippen molar-refractivity contribution in [2.75, 3.05) is 19.0 Å². The molecular weight excluding hydrogens is 512 g/mol. The molecule has 0 spiro atoms. The number of amides is 1. The van der Waals surface area contributed by atoms with Crippen LogP contribution >= 0.6 is 12.2 Å². The number of furan rings is 1. The van der Waals surface area contributed by atoms with Gasteiger partial charge in [-0.3, -0.25) is 9.78 Å². The fraction of sp³-hybridized carbons (Fsp3) is 0.200. The number of methoxy groups -OCH3 is 1. The number of benzene rings is 2. The molecule has 5 rings (SSSR count). The lowest BCUT2D eigenvalue weighted by Gasteiger charge is -2.26. The minimum absolute atomic E-state index is 0.0991. The van der Waals surface area contributed by atoms with Gasteiger partial charge in [-0.25, -0.2) is 4.79 Å². The van der Waals surface area contributed by atoms with Crippen molar-refractivity contribution >= 4 is 34.9 Å². The van der Waals surface area contributed by atoms with E-state index in [4.69, 9.17) is 21.4 Å². The number of carbonyl (C=O) groups excluding carboxylic acids is 2. The van der Waals surface area contributed by atoms with Crippen LogP contribution in [0.25, 0.3) is 11.3 Å². The monoisotopic (exact) mass is 540 g/mol. The van der Waals surface area contributed by atoms with Gasteiger partial charge in [0, 0.05) is 30.4 Å². The first-order valence-corrected chi connectivity index (χ1v) is 13.0. The molecule has 0 aliphatic carbocycles. The summed E-state index contributed by atoms with van der Waals surface area (Å²) >= 11 is 5.72. The highest BCUT2D eigenvalue weighted by Crippen LogP contribution is 2.40. The number of aryl methyl sites for hydroxylation is 1. The number of aromatic nitrogens is 1. The Morgan fingerprint density at radius 2 is 1.82 bits per heavy atom. The van der Waals surface area contributed by atoms with Crippen molar-refractivity contribution < 1.29 is 18.7 Å². The summed E-state index contributed by atoms with van der Waals surface area (Å²) in [7, 11) is 1.35. The predicted molar refractivity (Wildman–Crippen MR) is 152 cm³/mol. The van der Waals surface area contributed by atoms with Crippen molar-refractivity contribution in [3.63, 3.8) is 0 Å². The standard InChI is InChI=1S/C30H28N4O4S/c1-19-7-3-4-8-22(19)32-26(35)16-18-34-28(27(33-30(34)39)23-9-5-6-17-31-23)25-15-14-24(38-25)20-10-12-21(13-11-20)29(36)37-2/h3-15,17,27-28H,16,18H2,1-2H3,(H,32,35)(H,33,39)/t27-,28+/m0/s1. The number of pyridine rings is 1. The van der Waals surface area contributed by atoms with Crippen LogP contribution in [0.2, 0.25) is 0 Å². The number of hydrogen-bond donors (Lipinski definition) is 2. The zero-order valence-electron chi connectivity index (χ0n) is 21.6. The first kappa shape index (κ1) is 26.1. The van der Waals surface area contributed by atoms with Gasteiger partial charge in [-0.15, -0.1) is 0 Å². The van der Waals surface area contributed by atoms with E-state index in [0.717, 1.165) is 22.5 Å². The van der Waals surface area contributed by atoms with Gasteiger partial charge in [0.25, 0.3) is 0 Å². The Morgan fingerprint density at radius 3 is 2.54 bits per heavy atom. The maximum atomic E-state index is 12.8. The van der Waals surface area contributed by atoms with E-state index < -0.39 is 5.97 Å². The minimum atomic E-state index is -0.396. The van der Waals surface area contributed by atoms with Gasteiger partial charge in [0.2, 0.25) is 5.91 Å². The van der Waals surface area contributed by atoms with E-state index in [-0.39, 0.29) is 24.4 Å². The lowest BCUT2D eigenvalue weighted by Crippen LogP contribution is -2.32. The molecule has 2 aromatic carbocycles. The molecule has 1 fully saturated rings. The summed E-state index contributed by atoms with van der Waals surface area (Å²) in [5, 5.41) is 6.90. The Morgan fingerprint density at radius 1 is 1.05 bits per heavy atom. The number of anilines is 1. The SMILES string of the molecule is COC(=O)c1ccc(-c2ccc([C@@H]3[C@H](c4ccccn4)NC(=S)N3CCC(=O)Nc3ccccc3C)o2)cc1. The molecule has 1 amide bonds. The van der Waals surface area contributed by atoms with Crippen LogP contribution in [-0.2, 0) is 9.53 Å². The number of para-hydroxylation sites is 1. The summed E-state index contributed by atoms with van der Waals surface area (Å²) in [6, 6.07) is 23.7. The van der Waals surface area contributed by atoms with Crippen LogP contribution in [-0.4, -0.2) is 40.5 Å². The largest absolute Gasteiger partial charge is 0.465 e. The van der Waals surface area contributed by atoms with Crippen LogP contribution in [0.5, 0.6) is 0 Å². The molecule has 2 atom stereocenters. The van der Waals surface area contributed by atoms with Crippen LogP contribution in [0.15, 0.2) is 89.5 Å². The number of ether oxygens (including phenoxy) is 1. The number of nitrogens with one attached hydrogen (secondary N) is 2. The van der Waals surface area contributed by atoms with Gasteiger partial charge in [0.15, 0.2) is 5.11 Å². The molecule has 3 heterocycles. The maximum absolute atomic E-state index is 12.8. The zero-order chi connectivity index (χ0) is 27.4. The normalized spacial score (nSPS) is 16.6. The van der Waals surface area contributed by atoms with Crippen LogP contribution < -0.4 is 10.6 Å². The summed E-state index contributed by atoms with van der Waals surface area (Å²) in [6.45, 7) is 2.35. The highest BCUT2D eigenvalue weighted by Gasteiger charge is 2.41. The third-order valence-electron chi connectivity index (χ3n) is 6.71. The highest BCUT2D eigenvalue weighted by atomic mass is 32.1. The van der Waals surface area contributed by atoms with E-state index in [9.17, 15) is 9.59 Å². The quantitative estimate of drug-likeness (QED) is 0.225. The predicted octanol–water partition coefficient (Wildman–Crippen LogP) is 5.44. The average Bonchev–Trinajstić information content (AvgIpc) is 3.58. The summed E-state index contributed by atoms with van der Waals surface area (Å²) in [4.78, 5) is 31.2. The molecule has 1 aliphatic rings. The fourth-order valence-electron chi connectivity index (χ4n) is 4.66. The lowest BCUT2D eigenvalue weighted by atomic mass is 10.0. The smallest absolute Gasteiger partial charge is 0.337 e. The molecule has 1 aliphatic heterocycles. The topological polar surface area (TPSA) is 96.7 Å². The highest BCUT2D eigenvalue weighted by molar-refractivity contribution is 7.80. The summed E-state index contributed by atoms with van der Waals surface area (Å²) in [5.41, 5.74) is 3.89. The maximum Gasteiger partial charge on any atom is 0.337 e. The molecule has 1 saturated heterocycles.